The summed E-state index contributed by atoms with van der Waals surface area (Å²) in [6, 6.07) is 27.2. The van der Waals surface area contributed by atoms with Gasteiger partial charge in [-0.25, -0.2) is 19.2 Å². The Morgan fingerprint density at radius 3 is 0.918 bits per heavy atom. The first-order chi connectivity index (χ1) is 52.5. The number of carbonyl (C=O) groups excluding carboxylic acids is 4. The number of phenolic OH excluding ortho intramolecular Hbond substituents is 5. The molecule has 0 spiro atoms. The molecule has 0 aromatic heterocycles. The van der Waals surface area contributed by atoms with Crippen LogP contribution < -0.4 is 24.4 Å². The number of hydrogen-bond donors (Lipinski definition) is 17. The minimum Gasteiger partial charge on any atom is -0.508 e. The molecule has 584 valence electrons. The molecule has 0 unspecified atom stereocenters. The molecule has 4 saturated heterocycles. The number of aromatic hydroxyl groups is 5. The van der Waals surface area contributed by atoms with Gasteiger partial charge in [-0.1, -0.05) is 48.5 Å². The number of rotatable bonds is 25. The molecule has 5 heterocycles. The van der Waals surface area contributed by atoms with E-state index in [1.165, 1.54) is 121 Å². The Morgan fingerprint density at radius 1 is 0.336 bits per heavy atom. The Labute approximate surface area is 621 Å². The fraction of sp³-hybridized carbons (Fsp3) is 0.320. The summed E-state index contributed by atoms with van der Waals surface area (Å²) in [5.41, 5.74) is -0.137. The van der Waals surface area contributed by atoms with E-state index in [1.54, 1.807) is 0 Å². The van der Waals surface area contributed by atoms with Crippen LogP contribution in [0.2, 0.25) is 0 Å². The summed E-state index contributed by atoms with van der Waals surface area (Å²) in [5, 5.41) is 186. The highest BCUT2D eigenvalue weighted by molar-refractivity contribution is 5.89. The first-order valence-electron chi connectivity index (χ1n) is 33.5. The third-order valence-electron chi connectivity index (χ3n) is 17.5. The van der Waals surface area contributed by atoms with Gasteiger partial charge in [-0.3, -0.25) is 4.79 Å². The lowest BCUT2D eigenvalue weighted by Crippen LogP contribution is -2.60. The number of aliphatic hydroxyl groups excluding tert-OH is 12. The van der Waals surface area contributed by atoms with Crippen LogP contribution in [0.1, 0.15) is 22.3 Å². The zero-order valence-corrected chi connectivity index (χ0v) is 57.1. The minimum absolute atomic E-state index is 0.0390. The molecule has 0 bridgehead atoms. The first kappa shape index (κ1) is 80.0. The number of ether oxygens (including phenoxy) is 12. The zero-order chi connectivity index (χ0) is 78.8. The van der Waals surface area contributed by atoms with Gasteiger partial charge >= 0.3 is 23.9 Å². The van der Waals surface area contributed by atoms with E-state index in [2.05, 4.69) is 0 Å². The third kappa shape index (κ3) is 19.7. The molecule has 0 amide bonds. The summed E-state index contributed by atoms with van der Waals surface area (Å²) in [4.78, 5) is 66.2. The zero-order valence-electron chi connectivity index (χ0n) is 57.1. The van der Waals surface area contributed by atoms with Crippen molar-refractivity contribution >= 4 is 48.2 Å². The molecule has 20 atom stereocenters. The molecule has 5 aromatic rings. The fourth-order valence-electron chi connectivity index (χ4n) is 11.4. The Morgan fingerprint density at radius 2 is 0.618 bits per heavy atom. The van der Waals surface area contributed by atoms with Gasteiger partial charge in [-0.15, -0.1) is 0 Å². The standard InChI is InChI=1S/C75H74O35/c76-39-13-1-34(2-14-39)9-21-54(81)98-30-50-59(86)63(90)67(94)72(107-50)102-43-27-45(80)44-29-49(106-75-70(97)66(93)62(89)53(110-75)33-101-57(84)24-12-37-7-19-42(79)20-8-37)71(103-46(44)28-43)38-25-47(104-73-68(95)64(91)60(87)51(108-73)31-99-55(82)22-10-35-3-15-40(77)16-4-35)58(85)48(26-38)105-74-69(96)65(92)61(88)52(109-74)32-100-56(83)23-11-36-5-17-41(78)18-6-36/h1-29,50-53,59-70,72-79,85-97H,30-33H2/t50-,51-,52-,53-,59-,60-,61-,62-,63+,64-,65-,66-,67-,68-,69+,70-,72-,73-,74-,75-/m1/s1. The summed E-state index contributed by atoms with van der Waals surface area (Å²) in [5.74, 6) is -9.61. The number of benzene rings is 6. The second kappa shape index (κ2) is 35.5. The van der Waals surface area contributed by atoms with Gasteiger partial charge in [0.1, 0.15) is 159 Å². The fourth-order valence-corrected chi connectivity index (χ4v) is 11.4. The first-order valence-corrected chi connectivity index (χ1v) is 33.5. The van der Waals surface area contributed by atoms with Gasteiger partial charge in [-0.2, -0.15) is 0 Å². The van der Waals surface area contributed by atoms with Gasteiger partial charge in [0.05, 0.1) is 5.56 Å². The van der Waals surface area contributed by atoms with Crippen molar-refractivity contribution in [1.82, 2.24) is 0 Å². The molecule has 11 rings (SSSR count). The van der Waals surface area contributed by atoms with Gasteiger partial charge in [0, 0.05) is 42.0 Å². The Bertz CT molecular complexity index is 4360. The van der Waals surface area contributed by atoms with Crippen molar-refractivity contribution in [3.8, 4) is 74.4 Å². The summed E-state index contributed by atoms with van der Waals surface area (Å²) in [7, 11) is 0. The van der Waals surface area contributed by atoms with Crippen molar-refractivity contribution in [3.05, 3.63) is 184 Å². The third-order valence-corrected chi connectivity index (χ3v) is 17.5. The van der Waals surface area contributed by atoms with E-state index in [4.69, 9.17) is 61.3 Å². The number of aliphatic hydroxyl groups is 12. The number of fused-ring (bicyclic) bond motifs is 1. The van der Waals surface area contributed by atoms with E-state index in [9.17, 15) is 111 Å². The number of carbonyl (C=O) groups is 4. The second-order valence-electron chi connectivity index (χ2n) is 25.3. The average molecular weight is 1540 g/mol. The largest absolute Gasteiger partial charge is 0.508 e. The smallest absolute Gasteiger partial charge is 0.330 e. The molecule has 35 heteroatoms. The summed E-state index contributed by atoms with van der Waals surface area (Å²) < 4.78 is 75.2. The molecule has 6 aliphatic rings. The molecule has 0 saturated carbocycles. The lowest BCUT2D eigenvalue weighted by Gasteiger charge is -2.40. The highest BCUT2D eigenvalue weighted by atomic mass is 16.7. The average Bonchev–Trinajstić information content (AvgIpc) is 0.758. The number of phenols is 5. The maximum atomic E-state index is 14.5. The monoisotopic (exact) mass is 1530 g/mol. The lowest BCUT2D eigenvalue weighted by atomic mass is 9.99. The van der Waals surface area contributed by atoms with E-state index in [1.807, 2.05) is 0 Å². The van der Waals surface area contributed by atoms with Gasteiger partial charge in [0.2, 0.25) is 30.9 Å². The topological polar surface area (TPSA) is 553 Å². The van der Waals surface area contributed by atoms with Crippen LogP contribution in [0.4, 0.5) is 0 Å². The molecular formula is C75H74O35. The van der Waals surface area contributed by atoms with E-state index >= 15 is 0 Å². The number of esters is 4. The van der Waals surface area contributed by atoms with Crippen LogP contribution in [-0.2, 0) is 57.1 Å². The molecule has 110 heavy (non-hydrogen) atoms. The number of hydrogen-bond acceptors (Lipinski definition) is 35. The Balaban J connectivity index is 0.958. The van der Waals surface area contributed by atoms with Crippen molar-refractivity contribution in [2.24, 2.45) is 0 Å². The van der Waals surface area contributed by atoms with Crippen LogP contribution in [0.15, 0.2) is 161 Å². The van der Waals surface area contributed by atoms with Crippen LogP contribution in [0.5, 0.6) is 51.7 Å². The molecule has 1 aliphatic carbocycles. The summed E-state index contributed by atoms with van der Waals surface area (Å²) in [6.07, 6.45) is -31.7. The van der Waals surface area contributed by atoms with Crippen LogP contribution in [0.25, 0.3) is 47.0 Å². The quantitative estimate of drug-likeness (QED) is 0.0199. The van der Waals surface area contributed by atoms with Crippen molar-refractivity contribution < 1.29 is 167 Å². The highest BCUT2D eigenvalue weighted by Gasteiger charge is 2.50. The molecule has 35 nitrogen and oxygen atoms in total. The molecule has 5 aromatic carbocycles. The lowest BCUT2D eigenvalue weighted by molar-refractivity contribution is -0.279. The van der Waals surface area contributed by atoms with Gasteiger partial charge < -0.3 is 148 Å². The van der Waals surface area contributed by atoms with Crippen LogP contribution in [-0.4, -0.2) is 260 Å². The normalized spacial score (nSPS) is 28.4. The van der Waals surface area contributed by atoms with Crippen molar-refractivity contribution in [3.63, 3.8) is 0 Å². The van der Waals surface area contributed by atoms with E-state index in [0.717, 1.165) is 54.6 Å². The maximum absolute atomic E-state index is 14.5. The van der Waals surface area contributed by atoms with E-state index < -0.39 is 230 Å². The van der Waals surface area contributed by atoms with Crippen LogP contribution in [0, 0.1) is 0 Å². The predicted octanol–water partition coefficient (Wildman–Crippen LogP) is -0.288. The molecule has 17 N–H and O–H groups in total. The van der Waals surface area contributed by atoms with Gasteiger partial charge in [-0.05, 0) is 113 Å². The maximum Gasteiger partial charge on any atom is 0.330 e. The molecule has 0 radical (unpaired) electrons. The van der Waals surface area contributed by atoms with Crippen molar-refractivity contribution in [2.45, 2.75) is 123 Å². The second-order valence-corrected chi connectivity index (χ2v) is 25.3. The van der Waals surface area contributed by atoms with Crippen molar-refractivity contribution in [2.75, 3.05) is 26.4 Å². The Hall–Kier alpha value is -11.1. The molecule has 5 aliphatic heterocycles. The summed E-state index contributed by atoms with van der Waals surface area (Å²) >= 11 is 0. The van der Waals surface area contributed by atoms with Crippen LogP contribution >= 0.6 is 0 Å². The van der Waals surface area contributed by atoms with Crippen LogP contribution in [0.3, 0.4) is 0 Å². The molecular weight excluding hydrogens is 1460 g/mol. The predicted molar refractivity (Wildman–Crippen MR) is 370 cm³/mol. The SMILES string of the molecule is O=C(C=Cc1ccc(O)cc1)OC[C@H]1O[C@@H](Oc2cc3oc(-c4cc(O[C@@H]5O[C@H](COC(=O)C=Cc6ccc(O)cc6)[C@@H](O)[C@@H](O)[C@@H]5O)c(O)c(O[C@@H]5O[C@H](COC(=O)C=Cc6ccc(O)cc6)[C@@H](O)[C@@H](O)[C@H]5O)c4)c(O[C@@H]4O[C@H](COC(=O)C=Cc5ccc(O)cc5)[C@@H](O)[C@@H](O)[C@H]4O)cc-3c(=O)c2)[C@H](O)[C@@H](O)[C@@H]1O. The van der Waals surface area contributed by atoms with E-state index in [-0.39, 0.29) is 23.0 Å². The minimum atomic E-state index is -2.27. The van der Waals surface area contributed by atoms with E-state index in [0.29, 0.717) is 22.3 Å². The highest BCUT2D eigenvalue weighted by Crippen LogP contribution is 2.47. The Kier molecular flexibility index (Phi) is 25.8. The summed E-state index contributed by atoms with van der Waals surface area (Å²) in [6.45, 7) is -3.29. The van der Waals surface area contributed by atoms with Gasteiger partial charge in [0.25, 0.3) is 0 Å². The van der Waals surface area contributed by atoms with Gasteiger partial charge in [0.15, 0.2) is 28.4 Å². The molecule has 4 fully saturated rings. The van der Waals surface area contributed by atoms with Crippen molar-refractivity contribution in [1.29, 1.82) is 0 Å².